The number of nitrogens with one attached hydrogen (secondary N) is 2. The molecule has 0 atom stereocenters. The van der Waals surface area contributed by atoms with E-state index in [-0.39, 0.29) is 22.5 Å². The normalized spacial score (nSPS) is 11.1. The number of primary amides is 1. The first-order valence-electron chi connectivity index (χ1n) is 6.54. The molecule has 0 unspecified atom stereocenters. The molecule has 1 rings (SSSR count). The fourth-order valence-corrected chi connectivity index (χ4v) is 1.79. The van der Waals surface area contributed by atoms with Crippen LogP contribution in [0.3, 0.4) is 0 Å². The predicted molar refractivity (Wildman–Crippen MR) is 82.2 cm³/mol. The molecule has 0 fully saturated rings. The van der Waals surface area contributed by atoms with Crippen LogP contribution >= 0.6 is 0 Å². The van der Waals surface area contributed by atoms with Crippen molar-refractivity contribution in [2.45, 2.75) is 13.5 Å². The summed E-state index contributed by atoms with van der Waals surface area (Å²) in [5, 5.41) is 5.14. The van der Waals surface area contributed by atoms with Gasteiger partial charge in [0.1, 0.15) is 0 Å². The van der Waals surface area contributed by atoms with Gasteiger partial charge in [-0.3, -0.25) is 9.59 Å². The van der Waals surface area contributed by atoms with Gasteiger partial charge in [-0.2, -0.15) is 8.78 Å². The Labute approximate surface area is 132 Å². The lowest BCUT2D eigenvalue weighted by molar-refractivity contribution is -0.116. The number of benzene rings is 1. The molecule has 8 heteroatoms. The van der Waals surface area contributed by atoms with E-state index in [0.29, 0.717) is 0 Å². The van der Waals surface area contributed by atoms with Gasteiger partial charge in [-0.05, 0) is 19.1 Å². The number of nitrogens with two attached hydrogens (primary N) is 1. The highest BCUT2D eigenvalue weighted by atomic mass is 19.3. The Kier molecular flexibility index (Phi) is 6.25. The lowest BCUT2D eigenvalue weighted by Crippen LogP contribution is -2.23. The molecule has 0 aliphatic rings. The highest BCUT2D eigenvalue weighted by Gasteiger charge is 2.19. The topological polar surface area (TPSA) is 93.5 Å². The van der Waals surface area contributed by atoms with Gasteiger partial charge in [0.05, 0.1) is 16.8 Å². The number of amides is 2. The number of hydrogen-bond donors (Lipinski definition) is 3. The summed E-state index contributed by atoms with van der Waals surface area (Å²) in [5.41, 5.74) is 5.36. The molecule has 0 aromatic heterocycles. The van der Waals surface area contributed by atoms with Crippen LogP contribution in [0.25, 0.3) is 0 Å². The summed E-state index contributed by atoms with van der Waals surface area (Å²) < 4.78 is 29.6. The summed E-state index contributed by atoms with van der Waals surface area (Å²) in [6.07, 6.45) is 1.53. The number of alkyl halides is 2. The van der Waals surface area contributed by atoms with Crippen molar-refractivity contribution in [2.24, 2.45) is 5.73 Å². The molecule has 23 heavy (non-hydrogen) atoms. The Morgan fingerprint density at radius 3 is 2.52 bits per heavy atom. The first-order valence-corrected chi connectivity index (χ1v) is 6.54. The minimum absolute atomic E-state index is 0.0553. The van der Waals surface area contributed by atoms with Gasteiger partial charge in [0.2, 0.25) is 0 Å². The van der Waals surface area contributed by atoms with Crippen LogP contribution in [-0.4, -0.2) is 25.5 Å². The third-order valence-electron chi connectivity index (χ3n) is 2.87. The number of carbonyl (C=O) groups excluding carboxylic acids is 2. The fraction of sp³-hybridized carbons (Fsp3) is 0.200. The zero-order chi connectivity index (χ0) is 17.6. The minimum Gasteiger partial charge on any atom is -0.432 e. The van der Waals surface area contributed by atoms with E-state index in [1.54, 1.807) is 6.92 Å². The number of likely N-dealkylation sites (N-methyl/N-ethyl adjacent to an activating group) is 1. The smallest absolute Gasteiger partial charge is 0.387 e. The second kappa shape index (κ2) is 7.92. The van der Waals surface area contributed by atoms with Crippen molar-refractivity contribution in [1.82, 2.24) is 5.32 Å². The van der Waals surface area contributed by atoms with Gasteiger partial charge >= 0.3 is 6.61 Å². The van der Waals surface area contributed by atoms with Crippen LogP contribution in [0.1, 0.15) is 17.3 Å². The average Bonchev–Trinajstić information content (AvgIpc) is 2.51. The van der Waals surface area contributed by atoms with Crippen molar-refractivity contribution in [1.29, 1.82) is 0 Å². The van der Waals surface area contributed by atoms with E-state index in [0.717, 1.165) is 0 Å². The second-order valence-electron chi connectivity index (χ2n) is 4.31. The Morgan fingerprint density at radius 2 is 2.04 bits per heavy atom. The van der Waals surface area contributed by atoms with E-state index in [1.165, 1.54) is 31.3 Å². The molecule has 0 bridgehead atoms. The van der Waals surface area contributed by atoms with E-state index < -0.39 is 24.2 Å². The molecule has 4 N–H and O–H groups in total. The van der Waals surface area contributed by atoms with E-state index >= 15 is 0 Å². The molecule has 6 nitrogen and oxygen atoms in total. The minimum atomic E-state index is -3.15. The van der Waals surface area contributed by atoms with Crippen LogP contribution in [-0.2, 0) is 4.79 Å². The molecular formula is C15H17F2N3O3. The summed E-state index contributed by atoms with van der Waals surface area (Å²) in [6.45, 7) is 2.10. The number of anilines is 1. The maximum absolute atomic E-state index is 12.6. The van der Waals surface area contributed by atoms with Crippen molar-refractivity contribution < 1.29 is 23.1 Å². The van der Waals surface area contributed by atoms with Crippen LogP contribution in [0.2, 0.25) is 0 Å². The SMILES string of the molecule is C=C(C(=O)NC)/C(=C\C)Nc1cccc(C(N)=O)c1OC(F)F. The van der Waals surface area contributed by atoms with E-state index in [1.807, 2.05) is 0 Å². The lowest BCUT2D eigenvalue weighted by Gasteiger charge is -2.17. The Hall–Kier alpha value is -2.90. The van der Waals surface area contributed by atoms with Gasteiger partial charge in [0.25, 0.3) is 11.8 Å². The number of para-hydroxylation sites is 1. The molecule has 0 spiro atoms. The van der Waals surface area contributed by atoms with Crippen molar-refractivity contribution in [3.05, 3.63) is 47.7 Å². The fourth-order valence-electron chi connectivity index (χ4n) is 1.79. The van der Waals surface area contributed by atoms with E-state index in [2.05, 4.69) is 21.9 Å². The van der Waals surface area contributed by atoms with Gasteiger partial charge < -0.3 is 21.1 Å². The second-order valence-corrected chi connectivity index (χ2v) is 4.31. The molecule has 0 heterocycles. The highest BCUT2D eigenvalue weighted by molar-refractivity contribution is 5.99. The molecule has 2 amide bonds. The number of hydrogen-bond acceptors (Lipinski definition) is 4. The largest absolute Gasteiger partial charge is 0.432 e. The molecule has 1 aromatic carbocycles. The van der Waals surface area contributed by atoms with E-state index in [4.69, 9.17) is 5.73 Å². The van der Waals surface area contributed by atoms with Crippen molar-refractivity contribution in [2.75, 3.05) is 12.4 Å². The molecule has 0 saturated carbocycles. The Balaban J connectivity index is 3.26. The Morgan fingerprint density at radius 1 is 1.39 bits per heavy atom. The zero-order valence-corrected chi connectivity index (χ0v) is 12.7. The van der Waals surface area contributed by atoms with Crippen LogP contribution in [0, 0.1) is 0 Å². The first kappa shape index (κ1) is 18.1. The van der Waals surface area contributed by atoms with Gasteiger partial charge in [0, 0.05) is 12.7 Å². The molecule has 0 saturated heterocycles. The third-order valence-corrected chi connectivity index (χ3v) is 2.87. The maximum Gasteiger partial charge on any atom is 0.387 e. The Bertz CT molecular complexity index is 657. The molecule has 0 radical (unpaired) electrons. The third kappa shape index (κ3) is 4.53. The monoisotopic (exact) mass is 325 g/mol. The number of ether oxygens (including phenoxy) is 1. The average molecular weight is 325 g/mol. The molecule has 124 valence electrons. The standard InChI is InChI=1S/C15H17F2N3O3/c1-4-10(8(2)14(22)19-3)20-11-7-5-6-9(13(18)21)12(11)23-15(16)17/h4-7,15,20H,2H2,1,3H3,(H2,18,21)(H,19,22)/b10-4+. The maximum atomic E-state index is 12.6. The summed E-state index contributed by atoms with van der Waals surface area (Å²) in [4.78, 5) is 23.0. The number of allylic oxidation sites excluding steroid dienone is 1. The van der Waals surface area contributed by atoms with Crippen LogP contribution in [0.15, 0.2) is 42.1 Å². The predicted octanol–water partition coefficient (Wildman–Crippen LogP) is 2.00. The number of halogens is 2. The number of rotatable bonds is 7. The molecule has 0 aliphatic heterocycles. The molecule has 0 aliphatic carbocycles. The van der Waals surface area contributed by atoms with Crippen LogP contribution in [0.5, 0.6) is 5.75 Å². The van der Waals surface area contributed by atoms with Crippen molar-refractivity contribution >= 4 is 17.5 Å². The molecule has 1 aromatic rings. The quantitative estimate of drug-likeness (QED) is 0.528. The summed E-state index contributed by atoms with van der Waals surface area (Å²) in [7, 11) is 1.43. The highest BCUT2D eigenvalue weighted by Crippen LogP contribution is 2.32. The number of carbonyl (C=O) groups is 2. The van der Waals surface area contributed by atoms with Crippen LogP contribution < -0.4 is 21.1 Å². The zero-order valence-electron chi connectivity index (χ0n) is 12.7. The van der Waals surface area contributed by atoms with Gasteiger partial charge in [-0.25, -0.2) is 0 Å². The van der Waals surface area contributed by atoms with Gasteiger partial charge in [-0.1, -0.05) is 18.7 Å². The molecular weight excluding hydrogens is 308 g/mol. The van der Waals surface area contributed by atoms with E-state index in [9.17, 15) is 18.4 Å². The van der Waals surface area contributed by atoms with Gasteiger partial charge in [-0.15, -0.1) is 0 Å². The summed E-state index contributed by atoms with van der Waals surface area (Å²) in [5.74, 6) is -1.77. The van der Waals surface area contributed by atoms with Crippen LogP contribution in [0.4, 0.5) is 14.5 Å². The van der Waals surface area contributed by atoms with Crippen molar-refractivity contribution in [3.8, 4) is 5.75 Å². The first-order chi connectivity index (χ1) is 10.8. The summed E-state index contributed by atoms with van der Waals surface area (Å²) >= 11 is 0. The van der Waals surface area contributed by atoms with Crippen molar-refractivity contribution in [3.63, 3.8) is 0 Å². The lowest BCUT2D eigenvalue weighted by atomic mass is 10.1. The summed E-state index contributed by atoms with van der Waals surface area (Å²) in [6, 6.07) is 4.11. The van der Waals surface area contributed by atoms with Gasteiger partial charge in [0.15, 0.2) is 5.75 Å².